The number of para-hydroxylation sites is 1. The SMILES string of the molecule is CN(Cc1ccc(OCC(=O)O)cc1)C(=O)C1(Oc2ccccc2)CC1. The van der Waals surface area contributed by atoms with E-state index in [4.69, 9.17) is 14.6 Å². The fourth-order valence-corrected chi connectivity index (χ4v) is 2.72. The minimum absolute atomic E-state index is 0.0347. The van der Waals surface area contributed by atoms with Crippen LogP contribution in [-0.2, 0) is 16.1 Å². The average Bonchev–Trinajstić information content (AvgIpc) is 3.42. The summed E-state index contributed by atoms with van der Waals surface area (Å²) in [6, 6.07) is 16.4. The monoisotopic (exact) mass is 355 g/mol. The second-order valence-corrected chi connectivity index (χ2v) is 6.40. The van der Waals surface area contributed by atoms with E-state index in [0.717, 1.165) is 5.56 Å². The molecule has 0 heterocycles. The first-order valence-electron chi connectivity index (χ1n) is 8.42. The number of hydrogen-bond donors (Lipinski definition) is 1. The van der Waals surface area contributed by atoms with Crippen LogP contribution in [0.15, 0.2) is 54.6 Å². The predicted octanol–water partition coefficient (Wildman–Crippen LogP) is 2.72. The van der Waals surface area contributed by atoms with Gasteiger partial charge in [0, 0.05) is 26.4 Å². The highest BCUT2D eigenvalue weighted by molar-refractivity contribution is 5.88. The highest BCUT2D eigenvalue weighted by Gasteiger charge is 2.54. The minimum Gasteiger partial charge on any atom is -0.482 e. The van der Waals surface area contributed by atoms with Gasteiger partial charge in [0.1, 0.15) is 11.5 Å². The molecular formula is C20H21NO5. The number of carbonyl (C=O) groups excluding carboxylic acids is 1. The van der Waals surface area contributed by atoms with Crippen molar-refractivity contribution in [2.75, 3.05) is 13.7 Å². The van der Waals surface area contributed by atoms with Crippen molar-refractivity contribution in [2.45, 2.75) is 25.0 Å². The van der Waals surface area contributed by atoms with Crippen LogP contribution in [0.25, 0.3) is 0 Å². The topological polar surface area (TPSA) is 76.1 Å². The van der Waals surface area contributed by atoms with Gasteiger partial charge in [-0.3, -0.25) is 4.79 Å². The summed E-state index contributed by atoms with van der Waals surface area (Å²) < 4.78 is 11.0. The third-order valence-corrected chi connectivity index (χ3v) is 4.20. The molecule has 0 unspecified atom stereocenters. The summed E-state index contributed by atoms with van der Waals surface area (Å²) in [5, 5.41) is 8.62. The van der Waals surface area contributed by atoms with Gasteiger partial charge in [-0.05, 0) is 29.8 Å². The molecule has 1 N–H and O–H groups in total. The predicted molar refractivity (Wildman–Crippen MR) is 95.1 cm³/mol. The zero-order valence-corrected chi connectivity index (χ0v) is 14.6. The highest BCUT2D eigenvalue weighted by atomic mass is 16.5. The highest BCUT2D eigenvalue weighted by Crippen LogP contribution is 2.41. The van der Waals surface area contributed by atoms with Crippen LogP contribution in [-0.4, -0.2) is 41.1 Å². The fraction of sp³-hybridized carbons (Fsp3) is 0.300. The maximum absolute atomic E-state index is 12.8. The molecule has 2 aromatic rings. The van der Waals surface area contributed by atoms with Gasteiger partial charge in [-0.2, -0.15) is 0 Å². The summed E-state index contributed by atoms with van der Waals surface area (Å²) in [6.07, 6.45) is 1.43. The largest absolute Gasteiger partial charge is 0.482 e. The molecule has 1 saturated carbocycles. The first kappa shape index (κ1) is 17.8. The first-order chi connectivity index (χ1) is 12.5. The van der Waals surface area contributed by atoms with Crippen LogP contribution in [0, 0.1) is 0 Å². The van der Waals surface area contributed by atoms with E-state index in [1.807, 2.05) is 42.5 Å². The third kappa shape index (κ3) is 4.33. The number of aliphatic carboxylic acids is 1. The Morgan fingerprint density at radius 2 is 1.69 bits per heavy atom. The van der Waals surface area contributed by atoms with Crippen molar-refractivity contribution in [3.8, 4) is 11.5 Å². The van der Waals surface area contributed by atoms with Gasteiger partial charge in [-0.15, -0.1) is 0 Å². The number of benzene rings is 2. The standard InChI is InChI=1S/C20H21NO5/c1-21(13-15-7-9-16(10-8-15)25-14-18(22)23)19(24)20(11-12-20)26-17-5-3-2-4-6-17/h2-10H,11-14H2,1H3,(H,22,23). The summed E-state index contributed by atoms with van der Waals surface area (Å²) >= 11 is 0. The maximum Gasteiger partial charge on any atom is 0.341 e. The quantitative estimate of drug-likeness (QED) is 0.788. The van der Waals surface area contributed by atoms with E-state index in [1.54, 1.807) is 24.1 Å². The smallest absolute Gasteiger partial charge is 0.341 e. The summed E-state index contributed by atoms with van der Waals surface area (Å²) in [4.78, 5) is 25.0. The number of ether oxygens (including phenoxy) is 2. The van der Waals surface area contributed by atoms with Gasteiger partial charge in [-0.25, -0.2) is 4.79 Å². The van der Waals surface area contributed by atoms with E-state index in [0.29, 0.717) is 30.9 Å². The molecule has 26 heavy (non-hydrogen) atoms. The fourth-order valence-electron chi connectivity index (χ4n) is 2.72. The van der Waals surface area contributed by atoms with Gasteiger partial charge in [-0.1, -0.05) is 30.3 Å². The Bertz CT molecular complexity index is 769. The Labute approximate surface area is 152 Å². The molecule has 0 bridgehead atoms. The number of carboxylic acids is 1. The Kier molecular flexibility index (Phi) is 5.11. The molecule has 0 aromatic heterocycles. The van der Waals surface area contributed by atoms with E-state index < -0.39 is 11.6 Å². The number of carboxylic acid groups (broad SMARTS) is 1. The molecule has 1 aliphatic rings. The normalized spacial score (nSPS) is 14.3. The molecule has 0 aliphatic heterocycles. The van der Waals surface area contributed by atoms with Crippen molar-refractivity contribution >= 4 is 11.9 Å². The molecule has 1 amide bonds. The third-order valence-electron chi connectivity index (χ3n) is 4.20. The van der Waals surface area contributed by atoms with Gasteiger partial charge in [0.05, 0.1) is 0 Å². The first-order valence-corrected chi connectivity index (χ1v) is 8.42. The maximum atomic E-state index is 12.8. The van der Waals surface area contributed by atoms with Gasteiger partial charge >= 0.3 is 5.97 Å². The van der Waals surface area contributed by atoms with Crippen LogP contribution in [0.1, 0.15) is 18.4 Å². The molecule has 2 aromatic carbocycles. The molecule has 0 saturated heterocycles. The number of hydrogen-bond acceptors (Lipinski definition) is 4. The Hall–Kier alpha value is -3.02. The van der Waals surface area contributed by atoms with Crippen molar-refractivity contribution in [2.24, 2.45) is 0 Å². The number of amides is 1. The summed E-state index contributed by atoms with van der Waals surface area (Å²) in [5.41, 5.74) is 0.180. The van der Waals surface area contributed by atoms with Crippen molar-refractivity contribution in [1.82, 2.24) is 4.90 Å². The zero-order chi connectivity index (χ0) is 18.6. The Morgan fingerprint density at radius 1 is 1.04 bits per heavy atom. The van der Waals surface area contributed by atoms with Gasteiger partial charge in [0.2, 0.25) is 0 Å². The zero-order valence-electron chi connectivity index (χ0n) is 14.6. The molecule has 0 spiro atoms. The number of nitrogens with zero attached hydrogens (tertiary/aromatic N) is 1. The molecule has 6 heteroatoms. The summed E-state index contributed by atoms with van der Waals surface area (Å²) in [7, 11) is 1.76. The van der Waals surface area contributed by atoms with Crippen LogP contribution in [0.5, 0.6) is 11.5 Å². The molecule has 6 nitrogen and oxygen atoms in total. The average molecular weight is 355 g/mol. The summed E-state index contributed by atoms with van der Waals surface area (Å²) in [5.74, 6) is 0.128. The Balaban J connectivity index is 1.58. The molecule has 0 radical (unpaired) electrons. The molecule has 136 valence electrons. The molecule has 1 fully saturated rings. The van der Waals surface area contributed by atoms with Crippen LogP contribution < -0.4 is 9.47 Å². The minimum atomic E-state index is -1.02. The number of carbonyl (C=O) groups is 2. The lowest BCUT2D eigenvalue weighted by Crippen LogP contribution is -2.41. The lowest BCUT2D eigenvalue weighted by atomic mass is 10.2. The number of likely N-dealkylation sites (N-methyl/N-ethyl adjacent to an activating group) is 1. The van der Waals surface area contributed by atoms with Crippen molar-refractivity contribution in [1.29, 1.82) is 0 Å². The number of rotatable bonds is 8. The summed E-state index contributed by atoms with van der Waals surface area (Å²) in [6.45, 7) is 0.0645. The van der Waals surface area contributed by atoms with Crippen molar-refractivity contribution < 1.29 is 24.2 Å². The van der Waals surface area contributed by atoms with E-state index >= 15 is 0 Å². The molecule has 3 rings (SSSR count). The van der Waals surface area contributed by atoms with Crippen LogP contribution in [0.4, 0.5) is 0 Å². The van der Waals surface area contributed by atoms with Crippen LogP contribution in [0.2, 0.25) is 0 Å². The Morgan fingerprint density at radius 3 is 2.27 bits per heavy atom. The second kappa shape index (κ2) is 7.47. The molecule has 1 aliphatic carbocycles. The lowest BCUT2D eigenvalue weighted by Gasteiger charge is -2.24. The van der Waals surface area contributed by atoms with E-state index in [-0.39, 0.29) is 12.5 Å². The van der Waals surface area contributed by atoms with E-state index in [1.165, 1.54) is 0 Å². The molecular weight excluding hydrogens is 334 g/mol. The van der Waals surface area contributed by atoms with Crippen LogP contribution in [0.3, 0.4) is 0 Å². The second-order valence-electron chi connectivity index (χ2n) is 6.40. The molecule has 0 atom stereocenters. The van der Waals surface area contributed by atoms with Crippen LogP contribution >= 0.6 is 0 Å². The van der Waals surface area contributed by atoms with Gasteiger partial charge in [0.15, 0.2) is 12.2 Å². The van der Waals surface area contributed by atoms with Crippen molar-refractivity contribution in [3.63, 3.8) is 0 Å². The van der Waals surface area contributed by atoms with E-state index in [9.17, 15) is 9.59 Å². The van der Waals surface area contributed by atoms with Gasteiger partial charge < -0.3 is 19.5 Å². The van der Waals surface area contributed by atoms with Gasteiger partial charge in [0.25, 0.3) is 5.91 Å². The van der Waals surface area contributed by atoms with E-state index in [2.05, 4.69) is 0 Å². The van der Waals surface area contributed by atoms with Crippen molar-refractivity contribution in [3.05, 3.63) is 60.2 Å². The lowest BCUT2D eigenvalue weighted by molar-refractivity contribution is -0.140.